The molecule has 0 amide bonds. The van der Waals surface area contributed by atoms with Crippen LogP contribution in [0, 0.1) is 0 Å². The summed E-state index contributed by atoms with van der Waals surface area (Å²) in [5, 5.41) is 3.79. The zero-order valence-corrected chi connectivity index (χ0v) is 13.5. The van der Waals surface area contributed by atoms with E-state index in [1.54, 1.807) is 13.0 Å². The number of rotatable bonds is 6. The SMILES string of the molecule is CCNS(=O)(=O)c1ccc(Cl)c(CNC(C)C)c1Cl. The summed E-state index contributed by atoms with van der Waals surface area (Å²) in [4.78, 5) is 0.0565. The summed E-state index contributed by atoms with van der Waals surface area (Å²) in [5.41, 5.74) is 0.594. The van der Waals surface area contributed by atoms with Crippen LogP contribution in [0.1, 0.15) is 26.3 Å². The molecule has 4 nitrogen and oxygen atoms in total. The fraction of sp³-hybridized carbons (Fsp3) is 0.500. The molecule has 1 aromatic rings. The molecule has 0 spiro atoms. The second-order valence-corrected chi connectivity index (χ2v) is 6.90. The lowest BCUT2D eigenvalue weighted by Gasteiger charge is -2.14. The zero-order chi connectivity index (χ0) is 14.6. The van der Waals surface area contributed by atoms with Crippen LogP contribution in [0.3, 0.4) is 0 Å². The Kier molecular flexibility index (Phi) is 6.08. The number of nitrogens with one attached hydrogen (secondary N) is 2. The van der Waals surface area contributed by atoms with Gasteiger partial charge in [-0.15, -0.1) is 0 Å². The van der Waals surface area contributed by atoms with Crippen LogP contribution < -0.4 is 10.0 Å². The molecule has 1 rings (SSSR count). The smallest absolute Gasteiger partial charge is 0.242 e. The molecule has 108 valence electrons. The fourth-order valence-corrected chi connectivity index (χ4v) is 3.47. The first-order chi connectivity index (χ1) is 8.79. The maximum Gasteiger partial charge on any atom is 0.242 e. The first-order valence-electron chi connectivity index (χ1n) is 5.99. The lowest BCUT2D eigenvalue weighted by Crippen LogP contribution is -2.25. The highest BCUT2D eigenvalue weighted by Crippen LogP contribution is 2.31. The van der Waals surface area contributed by atoms with E-state index < -0.39 is 10.0 Å². The summed E-state index contributed by atoms with van der Waals surface area (Å²) in [7, 11) is -3.59. The Morgan fingerprint density at radius 1 is 1.26 bits per heavy atom. The second-order valence-electron chi connectivity index (χ2n) is 4.37. The minimum Gasteiger partial charge on any atom is -0.310 e. The van der Waals surface area contributed by atoms with Crippen LogP contribution in [-0.2, 0) is 16.6 Å². The van der Waals surface area contributed by atoms with Crippen molar-refractivity contribution in [2.24, 2.45) is 0 Å². The first-order valence-corrected chi connectivity index (χ1v) is 8.23. The van der Waals surface area contributed by atoms with Gasteiger partial charge in [-0.1, -0.05) is 44.0 Å². The summed E-state index contributed by atoms with van der Waals surface area (Å²) < 4.78 is 26.4. The Morgan fingerprint density at radius 2 is 1.89 bits per heavy atom. The van der Waals surface area contributed by atoms with Gasteiger partial charge in [0.1, 0.15) is 4.90 Å². The standard InChI is InChI=1S/C12H18Cl2N2O2S/c1-4-16-19(17,18)11-6-5-10(13)9(12(11)14)7-15-8(2)3/h5-6,8,15-16H,4,7H2,1-3H3. The Balaban J connectivity index is 3.20. The van der Waals surface area contributed by atoms with Crippen LogP contribution >= 0.6 is 23.2 Å². The molecule has 19 heavy (non-hydrogen) atoms. The first kappa shape index (κ1) is 16.7. The molecule has 2 N–H and O–H groups in total. The van der Waals surface area contributed by atoms with Gasteiger partial charge < -0.3 is 5.32 Å². The molecular weight excluding hydrogens is 307 g/mol. The van der Waals surface area contributed by atoms with E-state index >= 15 is 0 Å². The molecule has 1 aromatic carbocycles. The van der Waals surface area contributed by atoms with Crippen LogP contribution in [0.2, 0.25) is 10.0 Å². The van der Waals surface area contributed by atoms with Crippen molar-refractivity contribution in [3.05, 3.63) is 27.7 Å². The van der Waals surface area contributed by atoms with Gasteiger partial charge in [-0.25, -0.2) is 13.1 Å². The molecule has 0 aliphatic carbocycles. The Bertz CT molecular complexity index is 545. The average molecular weight is 325 g/mol. The minimum atomic E-state index is -3.59. The monoisotopic (exact) mass is 324 g/mol. The molecule has 0 radical (unpaired) electrons. The normalized spacial score (nSPS) is 12.1. The summed E-state index contributed by atoms with van der Waals surface area (Å²) in [6.45, 7) is 6.41. The number of sulfonamides is 1. The third kappa shape index (κ3) is 4.33. The molecule has 0 unspecified atom stereocenters. The quantitative estimate of drug-likeness (QED) is 0.845. The van der Waals surface area contributed by atoms with E-state index in [1.807, 2.05) is 13.8 Å². The van der Waals surface area contributed by atoms with Crippen molar-refractivity contribution in [3.63, 3.8) is 0 Å². The molecule has 7 heteroatoms. The molecule has 0 fully saturated rings. The highest BCUT2D eigenvalue weighted by molar-refractivity contribution is 7.89. The lowest BCUT2D eigenvalue weighted by molar-refractivity contribution is 0.581. The number of hydrogen-bond acceptors (Lipinski definition) is 3. The lowest BCUT2D eigenvalue weighted by atomic mass is 10.2. The van der Waals surface area contributed by atoms with Gasteiger partial charge in [-0.05, 0) is 12.1 Å². The number of hydrogen-bond donors (Lipinski definition) is 2. The summed E-state index contributed by atoms with van der Waals surface area (Å²) in [5.74, 6) is 0. The number of benzene rings is 1. The van der Waals surface area contributed by atoms with Gasteiger partial charge in [-0.2, -0.15) is 0 Å². The molecule has 0 saturated carbocycles. The number of halogens is 2. The van der Waals surface area contributed by atoms with Crippen molar-refractivity contribution >= 4 is 33.2 Å². The molecule has 0 heterocycles. The highest BCUT2D eigenvalue weighted by Gasteiger charge is 2.20. The van der Waals surface area contributed by atoms with Crippen LogP contribution in [0.15, 0.2) is 17.0 Å². The third-order valence-electron chi connectivity index (χ3n) is 2.46. The predicted molar refractivity (Wildman–Crippen MR) is 79.3 cm³/mol. The van der Waals surface area contributed by atoms with Gasteiger partial charge in [0.15, 0.2) is 0 Å². The van der Waals surface area contributed by atoms with Crippen molar-refractivity contribution in [1.82, 2.24) is 10.0 Å². The predicted octanol–water partition coefficient (Wildman–Crippen LogP) is 2.79. The third-order valence-corrected chi connectivity index (χ3v) is 4.95. The van der Waals surface area contributed by atoms with E-state index in [9.17, 15) is 8.42 Å². The summed E-state index contributed by atoms with van der Waals surface area (Å²) in [6.07, 6.45) is 0. The molecule has 0 aliphatic rings. The molecule has 0 bridgehead atoms. The van der Waals surface area contributed by atoms with Gasteiger partial charge in [0, 0.05) is 29.7 Å². The largest absolute Gasteiger partial charge is 0.310 e. The van der Waals surface area contributed by atoms with Crippen LogP contribution in [0.4, 0.5) is 0 Å². The molecule has 0 atom stereocenters. The van der Waals surface area contributed by atoms with Crippen molar-refractivity contribution in [2.75, 3.05) is 6.54 Å². The van der Waals surface area contributed by atoms with Crippen LogP contribution in [0.25, 0.3) is 0 Å². The second kappa shape index (κ2) is 6.90. The van der Waals surface area contributed by atoms with Crippen LogP contribution in [0.5, 0.6) is 0 Å². The average Bonchev–Trinajstić information content (AvgIpc) is 2.27. The molecule has 0 aromatic heterocycles. The Labute approximate surface area is 124 Å². The van der Waals surface area contributed by atoms with Gasteiger partial charge in [0.05, 0.1) is 5.02 Å². The molecular formula is C12H18Cl2N2O2S. The zero-order valence-electron chi connectivity index (χ0n) is 11.1. The molecule has 0 saturated heterocycles. The van der Waals surface area contributed by atoms with Crippen molar-refractivity contribution in [1.29, 1.82) is 0 Å². The molecule has 0 aliphatic heterocycles. The Morgan fingerprint density at radius 3 is 2.42 bits per heavy atom. The minimum absolute atomic E-state index is 0.0565. The van der Waals surface area contributed by atoms with E-state index in [4.69, 9.17) is 23.2 Å². The maximum atomic E-state index is 12.0. The Hall–Kier alpha value is -0.330. The van der Waals surface area contributed by atoms with Crippen molar-refractivity contribution in [2.45, 2.75) is 38.3 Å². The summed E-state index contributed by atoms with van der Waals surface area (Å²) >= 11 is 12.2. The van der Waals surface area contributed by atoms with Crippen molar-refractivity contribution < 1.29 is 8.42 Å². The highest BCUT2D eigenvalue weighted by atomic mass is 35.5. The van der Waals surface area contributed by atoms with Crippen molar-refractivity contribution in [3.8, 4) is 0 Å². The van der Waals surface area contributed by atoms with E-state index in [0.29, 0.717) is 23.7 Å². The van der Waals surface area contributed by atoms with Gasteiger partial charge in [-0.3, -0.25) is 0 Å². The van der Waals surface area contributed by atoms with E-state index in [0.717, 1.165) is 0 Å². The van der Waals surface area contributed by atoms with Gasteiger partial charge >= 0.3 is 0 Å². The van der Waals surface area contributed by atoms with Gasteiger partial charge in [0.25, 0.3) is 0 Å². The van der Waals surface area contributed by atoms with E-state index in [2.05, 4.69) is 10.0 Å². The fourth-order valence-electron chi connectivity index (χ4n) is 1.52. The topological polar surface area (TPSA) is 58.2 Å². The maximum absolute atomic E-state index is 12.0. The van der Waals surface area contributed by atoms with Gasteiger partial charge in [0.2, 0.25) is 10.0 Å². The van der Waals surface area contributed by atoms with E-state index in [1.165, 1.54) is 6.07 Å². The summed E-state index contributed by atoms with van der Waals surface area (Å²) in [6, 6.07) is 3.22. The van der Waals surface area contributed by atoms with E-state index in [-0.39, 0.29) is 16.0 Å². The van der Waals surface area contributed by atoms with Crippen LogP contribution in [-0.4, -0.2) is 21.0 Å².